The molecule has 0 aromatic heterocycles. The lowest BCUT2D eigenvalue weighted by molar-refractivity contribution is -0.176. The van der Waals surface area contributed by atoms with Crippen LogP contribution in [0.25, 0.3) is 0 Å². The predicted octanol–water partition coefficient (Wildman–Crippen LogP) is 1.09. The Bertz CT molecular complexity index is 643. The van der Waals surface area contributed by atoms with Crippen molar-refractivity contribution in [3.8, 4) is 0 Å². The third-order valence-electron chi connectivity index (χ3n) is 4.08. The van der Waals surface area contributed by atoms with E-state index in [1.807, 2.05) is 6.92 Å². The van der Waals surface area contributed by atoms with Gasteiger partial charge in [0.05, 0.1) is 18.1 Å². The van der Waals surface area contributed by atoms with E-state index in [9.17, 15) is 28.8 Å². The average molecular weight is 451 g/mol. The molecule has 12 heteroatoms. The van der Waals surface area contributed by atoms with Gasteiger partial charge in [-0.25, -0.2) is 0 Å². The lowest BCUT2D eigenvalue weighted by atomic mass is 10.0. The summed E-state index contributed by atoms with van der Waals surface area (Å²) in [6.45, 7) is 3.56. The van der Waals surface area contributed by atoms with Gasteiger partial charge in [-0.3, -0.25) is 28.8 Å². The van der Waals surface area contributed by atoms with Gasteiger partial charge >= 0.3 is 11.9 Å². The number of thioether (sulfide) groups is 2. The zero-order valence-electron chi connectivity index (χ0n) is 16.7. The van der Waals surface area contributed by atoms with Crippen LogP contribution in [-0.2, 0) is 28.8 Å². The summed E-state index contributed by atoms with van der Waals surface area (Å²) in [6, 6.07) is 0. The molecule has 0 radical (unpaired) electrons. The number of hydrogen-bond donors (Lipinski definition) is 2. The van der Waals surface area contributed by atoms with Gasteiger partial charge in [0.2, 0.25) is 18.2 Å². The van der Waals surface area contributed by atoms with Gasteiger partial charge in [-0.15, -0.1) is 11.8 Å². The molecule has 3 atom stereocenters. The van der Waals surface area contributed by atoms with E-state index in [4.69, 9.17) is 10.2 Å². The normalized spacial score (nSPS) is 13.7. The van der Waals surface area contributed by atoms with Crippen molar-refractivity contribution in [2.75, 3.05) is 12.5 Å². The molecule has 0 aromatic carbocycles. The summed E-state index contributed by atoms with van der Waals surface area (Å²) >= 11 is 1.73. The maximum atomic E-state index is 12.9. The second-order valence-corrected chi connectivity index (χ2v) is 8.27. The number of carboxylic acids is 2. The molecule has 4 amide bonds. The van der Waals surface area contributed by atoms with Gasteiger partial charge < -0.3 is 10.2 Å². The molecule has 0 heterocycles. The number of hydrazine groups is 1. The summed E-state index contributed by atoms with van der Waals surface area (Å²) in [5.41, 5.74) is 0. The molecule has 0 aliphatic rings. The zero-order chi connectivity index (χ0) is 22.7. The Morgan fingerprint density at radius 3 is 1.86 bits per heavy atom. The Morgan fingerprint density at radius 2 is 1.48 bits per heavy atom. The monoisotopic (exact) mass is 450 g/mol. The lowest BCUT2D eigenvalue weighted by Gasteiger charge is -2.31. The summed E-state index contributed by atoms with van der Waals surface area (Å²) in [5.74, 6) is -5.65. The number of carboxylic acid groups (broad SMARTS) is 2. The van der Waals surface area contributed by atoms with Gasteiger partial charge in [0.1, 0.15) is 5.25 Å². The molecular weight excluding hydrogens is 424 g/mol. The molecule has 164 valence electrons. The average Bonchev–Trinajstić information content (AvgIpc) is 2.66. The number of imide groups is 2. The largest absolute Gasteiger partial charge is 0.481 e. The number of carbonyl (C=O) groups is 6. The minimum Gasteiger partial charge on any atom is -0.481 e. The number of rotatable bonds is 12. The first-order chi connectivity index (χ1) is 13.5. The van der Waals surface area contributed by atoms with Crippen molar-refractivity contribution < 1.29 is 39.0 Å². The van der Waals surface area contributed by atoms with Crippen LogP contribution in [0.3, 0.4) is 0 Å². The summed E-state index contributed by atoms with van der Waals surface area (Å²) in [7, 11) is 0. The highest BCUT2D eigenvalue weighted by molar-refractivity contribution is 8.00. The number of amides is 4. The van der Waals surface area contributed by atoms with Crippen LogP contribution in [0.1, 0.15) is 39.5 Å². The quantitative estimate of drug-likeness (QED) is 0.327. The fourth-order valence-corrected chi connectivity index (χ4v) is 3.31. The van der Waals surface area contributed by atoms with E-state index in [0.29, 0.717) is 11.4 Å². The molecule has 29 heavy (non-hydrogen) atoms. The van der Waals surface area contributed by atoms with Gasteiger partial charge in [0.25, 0.3) is 5.91 Å². The van der Waals surface area contributed by atoms with E-state index in [0.717, 1.165) is 23.5 Å². The first-order valence-corrected chi connectivity index (χ1v) is 11.3. The Hall–Kier alpha value is -2.08. The summed E-state index contributed by atoms with van der Waals surface area (Å²) < 4.78 is 0. The standard InChI is InChI=1S/C17H26N2O8S2/c1-5-10(2)6-14(22)19(16(25)11(28-3)8-15(23)24)18(9-20)13(21)7-12(29-4)17(26)27/h9-12H,5-8H2,1-4H3,(H,23,24)(H,26,27)/t10-,11?,12?/m1/s1. The van der Waals surface area contributed by atoms with Gasteiger partial charge in [-0.05, 0) is 18.4 Å². The van der Waals surface area contributed by atoms with Gasteiger partial charge in [-0.2, -0.15) is 21.8 Å². The molecule has 0 saturated heterocycles. The minimum absolute atomic E-state index is 0.0356. The zero-order valence-corrected chi connectivity index (χ0v) is 18.3. The molecule has 0 bridgehead atoms. The Labute approximate surface area is 177 Å². The molecular formula is C17H26N2O8S2. The van der Waals surface area contributed by atoms with Crippen molar-refractivity contribution in [1.29, 1.82) is 0 Å². The van der Waals surface area contributed by atoms with Crippen LogP contribution in [0.2, 0.25) is 0 Å². The third-order valence-corrected chi connectivity index (χ3v) is 5.95. The highest BCUT2D eigenvalue weighted by Crippen LogP contribution is 2.20. The Balaban J connectivity index is 5.95. The summed E-state index contributed by atoms with van der Waals surface area (Å²) in [6.07, 6.45) is 2.09. The number of nitrogens with zero attached hydrogens (tertiary/aromatic N) is 2. The van der Waals surface area contributed by atoms with Crippen molar-refractivity contribution in [2.24, 2.45) is 5.92 Å². The molecule has 10 nitrogen and oxygen atoms in total. The smallest absolute Gasteiger partial charge is 0.317 e. The van der Waals surface area contributed by atoms with Gasteiger partial charge in [0.15, 0.2) is 0 Å². The second-order valence-electron chi connectivity index (χ2n) is 6.19. The topological polar surface area (TPSA) is 149 Å². The van der Waals surface area contributed by atoms with Crippen molar-refractivity contribution in [1.82, 2.24) is 10.0 Å². The maximum absolute atomic E-state index is 12.9. The van der Waals surface area contributed by atoms with Crippen molar-refractivity contribution in [2.45, 2.75) is 50.0 Å². The van der Waals surface area contributed by atoms with E-state index < -0.39 is 53.0 Å². The van der Waals surface area contributed by atoms with E-state index in [2.05, 4.69) is 0 Å². The maximum Gasteiger partial charge on any atom is 0.317 e. The highest BCUT2D eigenvalue weighted by Gasteiger charge is 2.38. The fourth-order valence-electron chi connectivity index (χ4n) is 2.19. The first kappa shape index (κ1) is 26.9. The molecule has 0 aromatic rings. The Kier molecular flexibility index (Phi) is 12.3. The van der Waals surface area contributed by atoms with Gasteiger partial charge in [0, 0.05) is 6.42 Å². The van der Waals surface area contributed by atoms with Crippen molar-refractivity contribution in [3.63, 3.8) is 0 Å². The minimum atomic E-state index is -1.29. The molecule has 0 aliphatic carbocycles. The van der Waals surface area contributed by atoms with Gasteiger partial charge in [-0.1, -0.05) is 20.3 Å². The van der Waals surface area contributed by atoms with E-state index in [1.165, 1.54) is 12.5 Å². The summed E-state index contributed by atoms with van der Waals surface area (Å²) in [5, 5.41) is 16.3. The Morgan fingerprint density at radius 1 is 0.931 bits per heavy atom. The number of aliphatic carboxylic acids is 2. The first-order valence-electron chi connectivity index (χ1n) is 8.68. The van der Waals surface area contributed by atoms with E-state index >= 15 is 0 Å². The van der Waals surface area contributed by atoms with Crippen LogP contribution in [0.5, 0.6) is 0 Å². The molecule has 0 saturated carbocycles. The second kappa shape index (κ2) is 13.2. The van der Waals surface area contributed by atoms with E-state index in [-0.39, 0.29) is 23.8 Å². The SMILES string of the molecule is CC[C@@H](C)CC(=O)N(C(=O)C(CC(=O)O)SC)N(C=O)C(=O)CC(SC)C(=O)O. The molecule has 2 unspecified atom stereocenters. The number of carbonyl (C=O) groups excluding carboxylic acids is 4. The van der Waals surface area contributed by atoms with Crippen LogP contribution in [0.15, 0.2) is 0 Å². The number of hydrogen-bond acceptors (Lipinski definition) is 8. The highest BCUT2D eigenvalue weighted by atomic mass is 32.2. The predicted molar refractivity (Wildman–Crippen MR) is 108 cm³/mol. The van der Waals surface area contributed by atoms with Crippen LogP contribution in [0.4, 0.5) is 0 Å². The van der Waals surface area contributed by atoms with Crippen molar-refractivity contribution in [3.05, 3.63) is 0 Å². The summed E-state index contributed by atoms with van der Waals surface area (Å²) in [4.78, 5) is 71.9. The van der Waals surface area contributed by atoms with Crippen LogP contribution in [0, 0.1) is 5.92 Å². The van der Waals surface area contributed by atoms with E-state index in [1.54, 1.807) is 6.92 Å². The molecule has 2 N–H and O–H groups in total. The lowest BCUT2D eigenvalue weighted by Crippen LogP contribution is -2.55. The fraction of sp³-hybridized carbons (Fsp3) is 0.647. The molecule has 0 rings (SSSR count). The van der Waals surface area contributed by atoms with Crippen LogP contribution >= 0.6 is 23.5 Å². The van der Waals surface area contributed by atoms with Crippen LogP contribution < -0.4 is 0 Å². The third kappa shape index (κ3) is 8.44. The molecule has 0 spiro atoms. The molecule has 0 fully saturated rings. The molecule has 0 aliphatic heterocycles. The van der Waals surface area contributed by atoms with Crippen LogP contribution in [-0.4, -0.2) is 79.3 Å². The van der Waals surface area contributed by atoms with Crippen molar-refractivity contribution >= 4 is 59.6 Å².